The summed E-state index contributed by atoms with van der Waals surface area (Å²) in [6, 6.07) is 21.6. The van der Waals surface area contributed by atoms with Crippen molar-refractivity contribution in [2.75, 3.05) is 13.2 Å². The first-order valence-corrected chi connectivity index (χ1v) is 13.7. The molecule has 1 aliphatic carbocycles. The van der Waals surface area contributed by atoms with Gasteiger partial charge < -0.3 is 9.72 Å². The Morgan fingerprint density at radius 2 is 1.80 bits per heavy atom. The summed E-state index contributed by atoms with van der Waals surface area (Å²) in [6.45, 7) is 4.72. The van der Waals surface area contributed by atoms with E-state index in [0.29, 0.717) is 12.6 Å². The minimum absolute atomic E-state index is 0.655. The molecule has 0 spiro atoms. The molecular weight excluding hydrogens is 452 g/mol. The predicted molar refractivity (Wildman–Crippen MR) is 144 cm³/mol. The third-order valence-corrected chi connectivity index (χ3v) is 7.81. The highest BCUT2D eigenvalue weighted by Crippen LogP contribution is 2.28. The predicted octanol–water partition coefficient (Wildman–Crippen LogP) is 6.77. The highest BCUT2D eigenvalue weighted by Gasteiger charge is 2.21. The number of aromatic nitrogens is 3. The molecule has 0 amide bonds. The zero-order chi connectivity index (χ0) is 23.9. The SMILES string of the molecule is Cc1c(OCCN(Cc2ccccc2)C2CCCCC2)ccnc1CSc1nc2ccccc2[nH]1. The van der Waals surface area contributed by atoms with Crippen molar-refractivity contribution in [3.05, 3.63) is 83.7 Å². The molecule has 2 aromatic heterocycles. The van der Waals surface area contributed by atoms with Crippen LogP contribution in [-0.4, -0.2) is 39.0 Å². The molecule has 0 radical (unpaired) electrons. The van der Waals surface area contributed by atoms with Crippen molar-refractivity contribution in [2.45, 2.75) is 62.5 Å². The number of rotatable bonds is 10. The maximum atomic E-state index is 6.32. The summed E-state index contributed by atoms with van der Waals surface area (Å²) in [5.41, 5.74) is 5.59. The summed E-state index contributed by atoms with van der Waals surface area (Å²) in [5.74, 6) is 1.69. The number of para-hydroxylation sites is 2. The zero-order valence-corrected chi connectivity index (χ0v) is 21.3. The number of fused-ring (bicyclic) bond motifs is 1. The lowest BCUT2D eigenvalue weighted by Crippen LogP contribution is -2.39. The molecule has 5 nitrogen and oxygen atoms in total. The van der Waals surface area contributed by atoms with Crippen LogP contribution in [0, 0.1) is 6.92 Å². The number of nitrogens with one attached hydrogen (secondary N) is 1. The fraction of sp³-hybridized carbons (Fsp3) is 0.379. The van der Waals surface area contributed by atoms with E-state index in [9.17, 15) is 0 Å². The molecule has 1 fully saturated rings. The molecule has 0 bridgehead atoms. The number of imidazole rings is 1. The Morgan fingerprint density at radius 3 is 2.63 bits per heavy atom. The van der Waals surface area contributed by atoms with E-state index < -0.39 is 0 Å². The molecule has 1 saturated carbocycles. The van der Waals surface area contributed by atoms with Gasteiger partial charge in [0.15, 0.2) is 5.16 Å². The Kier molecular flexibility index (Phi) is 8.01. The van der Waals surface area contributed by atoms with E-state index in [-0.39, 0.29) is 0 Å². The summed E-state index contributed by atoms with van der Waals surface area (Å²) < 4.78 is 6.32. The van der Waals surface area contributed by atoms with Crippen molar-refractivity contribution >= 4 is 22.8 Å². The average molecular weight is 487 g/mol. The third-order valence-electron chi connectivity index (χ3n) is 6.93. The maximum absolute atomic E-state index is 6.32. The molecule has 0 unspecified atom stereocenters. The molecular formula is C29H34N4OS. The lowest BCUT2D eigenvalue weighted by Gasteiger charge is -2.34. The van der Waals surface area contributed by atoms with Gasteiger partial charge in [-0.1, -0.05) is 73.5 Å². The lowest BCUT2D eigenvalue weighted by atomic mass is 9.94. The monoisotopic (exact) mass is 486 g/mol. The molecule has 5 rings (SSSR count). The van der Waals surface area contributed by atoms with Gasteiger partial charge >= 0.3 is 0 Å². The van der Waals surface area contributed by atoms with Crippen LogP contribution in [-0.2, 0) is 12.3 Å². The van der Waals surface area contributed by atoms with E-state index >= 15 is 0 Å². The summed E-state index contributed by atoms with van der Waals surface area (Å²) in [6.07, 6.45) is 8.50. The molecule has 0 aliphatic heterocycles. The first-order chi connectivity index (χ1) is 17.3. The zero-order valence-electron chi connectivity index (χ0n) is 20.5. The van der Waals surface area contributed by atoms with E-state index in [2.05, 4.69) is 63.2 Å². The molecule has 35 heavy (non-hydrogen) atoms. The normalized spacial score (nSPS) is 14.6. The fourth-order valence-electron chi connectivity index (χ4n) is 4.92. The van der Waals surface area contributed by atoms with Crippen LogP contribution in [0.15, 0.2) is 72.0 Å². The number of hydrogen-bond donors (Lipinski definition) is 1. The number of thioether (sulfide) groups is 1. The standard InChI is InChI=1S/C29H34N4OS/c1-22-27(21-35-29-31-25-14-8-9-15-26(25)32-29)30-17-16-28(22)34-19-18-33(24-12-6-3-7-13-24)20-23-10-4-2-5-11-23/h2,4-5,8-11,14-17,24H,3,6-7,12-13,18-21H2,1H3,(H,31,32). The fourth-order valence-corrected chi connectivity index (χ4v) is 5.83. The summed E-state index contributed by atoms with van der Waals surface area (Å²) in [5, 5.41) is 0.919. The number of nitrogens with zero attached hydrogens (tertiary/aromatic N) is 3. The number of pyridine rings is 1. The van der Waals surface area contributed by atoms with Crippen LogP contribution in [0.4, 0.5) is 0 Å². The second-order valence-corrected chi connectivity index (χ2v) is 10.3. The van der Waals surface area contributed by atoms with E-state index in [1.807, 2.05) is 30.5 Å². The smallest absolute Gasteiger partial charge is 0.166 e. The lowest BCUT2D eigenvalue weighted by molar-refractivity contribution is 0.123. The Hall–Kier alpha value is -2.83. The van der Waals surface area contributed by atoms with E-state index in [0.717, 1.165) is 52.0 Å². The number of benzene rings is 2. The topological polar surface area (TPSA) is 54.0 Å². The molecule has 182 valence electrons. The van der Waals surface area contributed by atoms with Crippen molar-refractivity contribution in [1.29, 1.82) is 0 Å². The minimum atomic E-state index is 0.655. The van der Waals surface area contributed by atoms with Crippen LogP contribution in [0.3, 0.4) is 0 Å². The Labute approximate surface area is 212 Å². The van der Waals surface area contributed by atoms with Gasteiger partial charge in [-0.3, -0.25) is 9.88 Å². The van der Waals surface area contributed by atoms with Gasteiger partial charge in [-0.05, 0) is 43.5 Å². The summed E-state index contributed by atoms with van der Waals surface area (Å²) >= 11 is 1.68. The van der Waals surface area contributed by atoms with Crippen LogP contribution in [0.25, 0.3) is 11.0 Å². The Bertz CT molecular complexity index is 1190. The van der Waals surface area contributed by atoms with Gasteiger partial charge in [-0.15, -0.1) is 0 Å². The van der Waals surface area contributed by atoms with Gasteiger partial charge in [0.1, 0.15) is 12.4 Å². The van der Waals surface area contributed by atoms with Gasteiger partial charge in [0.2, 0.25) is 0 Å². The Balaban J connectivity index is 1.20. The summed E-state index contributed by atoms with van der Waals surface area (Å²) in [7, 11) is 0. The molecule has 2 heterocycles. The number of ether oxygens (including phenoxy) is 1. The van der Waals surface area contributed by atoms with Crippen molar-refractivity contribution in [3.63, 3.8) is 0 Å². The maximum Gasteiger partial charge on any atom is 0.166 e. The molecule has 0 atom stereocenters. The highest BCUT2D eigenvalue weighted by molar-refractivity contribution is 7.98. The van der Waals surface area contributed by atoms with Crippen LogP contribution in [0.1, 0.15) is 48.9 Å². The number of aromatic amines is 1. The van der Waals surface area contributed by atoms with Crippen LogP contribution < -0.4 is 4.74 Å². The first-order valence-electron chi connectivity index (χ1n) is 12.7. The van der Waals surface area contributed by atoms with E-state index in [4.69, 9.17) is 4.74 Å². The molecule has 4 aromatic rings. The third kappa shape index (κ3) is 6.24. The van der Waals surface area contributed by atoms with Gasteiger partial charge in [0.25, 0.3) is 0 Å². The average Bonchev–Trinajstić information content (AvgIpc) is 3.32. The highest BCUT2D eigenvalue weighted by atomic mass is 32.2. The minimum Gasteiger partial charge on any atom is -0.492 e. The second-order valence-electron chi connectivity index (χ2n) is 9.32. The van der Waals surface area contributed by atoms with E-state index in [1.54, 1.807) is 11.8 Å². The van der Waals surface area contributed by atoms with Crippen molar-refractivity contribution < 1.29 is 4.74 Å². The molecule has 1 aliphatic rings. The summed E-state index contributed by atoms with van der Waals surface area (Å²) in [4.78, 5) is 15.3. The van der Waals surface area contributed by atoms with Gasteiger partial charge in [0, 0.05) is 36.6 Å². The van der Waals surface area contributed by atoms with Gasteiger partial charge in [-0.2, -0.15) is 0 Å². The Morgan fingerprint density at radius 1 is 1.00 bits per heavy atom. The first kappa shape index (κ1) is 23.9. The van der Waals surface area contributed by atoms with Crippen molar-refractivity contribution in [3.8, 4) is 5.75 Å². The van der Waals surface area contributed by atoms with Crippen LogP contribution >= 0.6 is 11.8 Å². The number of H-pyrrole nitrogens is 1. The molecule has 1 N–H and O–H groups in total. The number of hydrogen-bond acceptors (Lipinski definition) is 5. The molecule has 0 saturated heterocycles. The molecule has 6 heteroatoms. The van der Waals surface area contributed by atoms with Gasteiger partial charge in [0.05, 0.1) is 16.7 Å². The van der Waals surface area contributed by atoms with Crippen molar-refractivity contribution in [1.82, 2.24) is 19.9 Å². The van der Waals surface area contributed by atoms with Gasteiger partial charge in [-0.25, -0.2) is 4.98 Å². The van der Waals surface area contributed by atoms with E-state index in [1.165, 1.54) is 37.7 Å². The molecule has 2 aromatic carbocycles. The van der Waals surface area contributed by atoms with Crippen molar-refractivity contribution in [2.24, 2.45) is 0 Å². The quantitative estimate of drug-likeness (QED) is 0.251. The van der Waals surface area contributed by atoms with Crippen LogP contribution in [0.2, 0.25) is 0 Å². The second kappa shape index (κ2) is 11.7. The van der Waals surface area contributed by atoms with Crippen LogP contribution in [0.5, 0.6) is 5.75 Å². The largest absolute Gasteiger partial charge is 0.492 e.